The van der Waals surface area contributed by atoms with Gasteiger partial charge in [0.05, 0.1) is 0 Å². The highest BCUT2D eigenvalue weighted by molar-refractivity contribution is 5.30. The van der Waals surface area contributed by atoms with E-state index in [1.165, 1.54) is 24.5 Å². The molecule has 0 radical (unpaired) electrons. The molecule has 1 N–H and O–H groups in total. The summed E-state index contributed by atoms with van der Waals surface area (Å²) >= 11 is 0. The predicted octanol–water partition coefficient (Wildman–Crippen LogP) is 3.37. The van der Waals surface area contributed by atoms with Crippen molar-refractivity contribution in [3.63, 3.8) is 0 Å². The van der Waals surface area contributed by atoms with Crippen molar-refractivity contribution < 1.29 is 22.5 Å². The highest BCUT2D eigenvalue weighted by atomic mass is 19.4. The number of rotatable bonds is 4. The monoisotopic (exact) mass is 337 g/mol. The lowest BCUT2D eigenvalue weighted by Gasteiger charge is -2.22. The highest BCUT2D eigenvalue weighted by Gasteiger charge is 2.28. The minimum atomic E-state index is -4.34. The Bertz CT molecular complexity index is 665. The van der Waals surface area contributed by atoms with Crippen LogP contribution in [0.4, 0.5) is 13.2 Å². The van der Waals surface area contributed by atoms with E-state index in [0.29, 0.717) is 5.92 Å². The van der Waals surface area contributed by atoms with Gasteiger partial charge in [0.25, 0.3) is 0 Å². The largest absolute Gasteiger partial charge is 0.478 e. The lowest BCUT2D eigenvalue weighted by atomic mass is 9.91. The SMILES string of the molecule is FC(F)(F)COc1ccc[n+](-c2ccc(C3CCCNC3)cc2)c1. The summed E-state index contributed by atoms with van der Waals surface area (Å²) in [6.07, 6.45) is 1.37. The van der Waals surface area contributed by atoms with Gasteiger partial charge >= 0.3 is 6.18 Å². The maximum atomic E-state index is 12.2. The van der Waals surface area contributed by atoms with Crippen LogP contribution in [-0.2, 0) is 0 Å². The summed E-state index contributed by atoms with van der Waals surface area (Å²) in [4.78, 5) is 0. The van der Waals surface area contributed by atoms with Crippen molar-refractivity contribution in [3.05, 3.63) is 54.4 Å². The standard InChI is InChI=1S/C18H20F3N2O/c19-18(20,21)13-24-17-4-2-10-23(12-17)16-7-5-14(6-8-16)15-3-1-9-22-11-15/h2,4-8,10,12,15,22H,1,3,9,11,13H2/q+1. The Kier molecular flexibility index (Phi) is 5.04. The number of piperidine rings is 1. The van der Waals surface area contributed by atoms with Crippen molar-refractivity contribution in [3.8, 4) is 11.4 Å². The molecule has 1 aliphatic heterocycles. The Morgan fingerprint density at radius 1 is 1.17 bits per heavy atom. The van der Waals surface area contributed by atoms with Crippen LogP contribution in [0, 0.1) is 0 Å². The molecule has 0 saturated carbocycles. The van der Waals surface area contributed by atoms with Gasteiger partial charge in [0, 0.05) is 24.7 Å². The molecule has 6 heteroatoms. The Balaban J connectivity index is 1.71. The molecule has 1 unspecified atom stereocenters. The Hall–Kier alpha value is -2.08. The summed E-state index contributed by atoms with van der Waals surface area (Å²) in [5, 5.41) is 3.40. The van der Waals surface area contributed by atoms with Gasteiger partial charge in [-0.25, -0.2) is 0 Å². The minimum Gasteiger partial charge on any atom is -0.478 e. The molecule has 128 valence electrons. The fourth-order valence-corrected chi connectivity index (χ4v) is 2.92. The summed E-state index contributed by atoms with van der Waals surface area (Å²) in [7, 11) is 0. The molecule has 3 nitrogen and oxygen atoms in total. The maximum absolute atomic E-state index is 12.2. The van der Waals surface area contributed by atoms with Gasteiger partial charge in [0.1, 0.15) is 0 Å². The van der Waals surface area contributed by atoms with Crippen LogP contribution in [0.1, 0.15) is 24.3 Å². The molecular formula is C18H20F3N2O+. The number of halogens is 3. The second kappa shape index (κ2) is 7.21. The fraction of sp³-hybridized carbons (Fsp3) is 0.389. The number of nitrogens with one attached hydrogen (secondary N) is 1. The summed E-state index contributed by atoms with van der Waals surface area (Å²) in [6, 6.07) is 11.3. The molecule has 1 saturated heterocycles. The van der Waals surface area contributed by atoms with E-state index in [1.807, 2.05) is 12.1 Å². The predicted molar refractivity (Wildman–Crippen MR) is 84.4 cm³/mol. The van der Waals surface area contributed by atoms with Gasteiger partial charge in [0.2, 0.25) is 11.9 Å². The molecule has 1 aliphatic rings. The first-order chi connectivity index (χ1) is 11.5. The third-order valence-corrected chi connectivity index (χ3v) is 4.14. The van der Waals surface area contributed by atoms with Gasteiger partial charge in [-0.05, 0) is 36.9 Å². The van der Waals surface area contributed by atoms with Crippen LogP contribution in [0.15, 0.2) is 48.8 Å². The first kappa shape index (κ1) is 16.8. The van der Waals surface area contributed by atoms with Crippen LogP contribution >= 0.6 is 0 Å². The van der Waals surface area contributed by atoms with Crippen LogP contribution in [0.2, 0.25) is 0 Å². The van der Waals surface area contributed by atoms with Crippen molar-refractivity contribution in [2.45, 2.75) is 24.9 Å². The first-order valence-electron chi connectivity index (χ1n) is 8.03. The summed E-state index contributed by atoms with van der Waals surface area (Å²) < 4.78 is 43.3. The third-order valence-electron chi connectivity index (χ3n) is 4.14. The molecule has 1 aromatic carbocycles. The van der Waals surface area contributed by atoms with Gasteiger partial charge in [-0.3, -0.25) is 0 Å². The molecular weight excluding hydrogens is 317 g/mol. The number of hydrogen-bond acceptors (Lipinski definition) is 2. The van der Waals surface area contributed by atoms with Crippen molar-refractivity contribution >= 4 is 0 Å². The van der Waals surface area contributed by atoms with Gasteiger partial charge in [-0.1, -0.05) is 12.1 Å². The third kappa shape index (κ3) is 4.47. The summed E-state index contributed by atoms with van der Waals surface area (Å²) in [5.74, 6) is 0.717. The average Bonchev–Trinajstić information content (AvgIpc) is 2.61. The zero-order chi connectivity index (χ0) is 17.0. The van der Waals surface area contributed by atoms with E-state index >= 15 is 0 Å². The molecule has 1 atom stereocenters. The topological polar surface area (TPSA) is 25.1 Å². The lowest BCUT2D eigenvalue weighted by Crippen LogP contribution is -2.31. The van der Waals surface area contributed by atoms with E-state index in [4.69, 9.17) is 4.74 Å². The fourth-order valence-electron chi connectivity index (χ4n) is 2.92. The van der Waals surface area contributed by atoms with Gasteiger partial charge in [0.15, 0.2) is 18.6 Å². The number of alkyl halides is 3. The number of aromatic nitrogens is 1. The molecule has 0 aliphatic carbocycles. The zero-order valence-electron chi connectivity index (χ0n) is 13.2. The molecule has 2 heterocycles. The Morgan fingerprint density at radius 2 is 1.96 bits per heavy atom. The normalized spacial score (nSPS) is 18.4. The average molecular weight is 337 g/mol. The number of ether oxygens (including phenoxy) is 1. The molecule has 3 rings (SSSR count). The molecule has 0 amide bonds. The van der Waals surface area contributed by atoms with Crippen molar-refractivity contribution in [2.24, 2.45) is 0 Å². The molecule has 0 bridgehead atoms. The van der Waals surface area contributed by atoms with Crippen molar-refractivity contribution in [1.82, 2.24) is 5.32 Å². The summed E-state index contributed by atoms with van der Waals surface area (Å²) in [5.41, 5.74) is 2.18. The van der Waals surface area contributed by atoms with Crippen LogP contribution in [0.5, 0.6) is 5.75 Å². The van der Waals surface area contributed by atoms with Gasteiger partial charge < -0.3 is 10.1 Å². The second-order valence-electron chi connectivity index (χ2n) is 5.99. The number of nitrogens with zero attached hydrogens (tertiary/aromatic N) is 1. The van der Waals surface area contributed by atoms with E-state index in [1.54, 1.807) is 23.0 Å². The van der Waals surface area contributed by atoms with Crippen LogP contribution in [0.25, 0.3) is 5.69 Å². The molecule has 1 fully saturated rings. The Labute approximate surface area is 139 Å². The molecule has 1 aromatic heterocycles. The van der Waals surface area contributed by atoms with Crippen molar-refractivity contribution in [1.29, 1.82) is 0 Å². The molecule has 24 heavy (non-hydrogen) atoms. The van der Waals surface area contributed by atoms with E-state index in [-0.39, 0.29) is 5.75 Å². The van der Waals surface area contributed by atoms with Crippen LogP contribution in [-0.4, -0.2) is 25.9 Å². The summed E-state index contributed by atoms with van der Waals surface area (Å²) in [6.45, 7) is 0.785. The highest BCUT2D eigenvalue weighted by Crippen LogP contribution is 2.23. The second-order valence-corrected chi connectivity index (χ2v) is 5.99. The van der Waals surface area contributed by atoms with Crippen molar-refractivity contribution in [2.75, 3.05) is 19.7 Å². The van der Waals surface area contributed by atoms with Crippen LogP contribution < -0.4 is 14.6 Å². The molecule has 0 spiro atoms. The van der Waals surface area contributed by atoms with E-state index in [9.17, 15) is 13.2 Å². The zero-order valence-corrected chi connectivity index (χ0v) is 13.2. The minimum absolute atomic E-state index is 0.190. The number of hydrogen-bond donors (Lipinski definition) is 1. The first-order valence-corrected chi connectivity index (χ1v) is 8.03. The van der Waals surface area contributed by atoms with Gasteiger partial charge in [-0.15, -0.1) is 0 Å². The molecule has 2 aromatic rings. The van der Waals surface area contributed by atoms with E-state index in [0.717, 1.165) is 18.8 Å². The van der Waals surface area contributed by atoms with E-state index in [2.05, 4.69) is 17.4 Å². The maximum Gasteiger partial charge on any atom is 0.422 e. The van der Waals surface area contributed by atoms with E-state index < -0.39 is 12.8 Å². The van der Waals surface area contributed by atoms with Gasteiger partial charge in [-0.2, -0.15) is 17.7 Å². The Morgan fingerprint density at radius 3 is 2.62 bits per heavy atom. The van der Waals surface area contributed by atoms with Crippen LogP contribution in [0.3, 0.4) is 0 Å². The lowest BCUT2D eigenvalue weighted by molar-refractivity contribution is -0.596. The number of pyridine rings is 1. The quantitative estimate of drug-likeness (QED) is 0.866. The number of benzene rings is 1. The smallest absolute Gasteiger partial charge is 0.422 e.